The molecular weight excluding hydrogens is 256 g/mol. The Morgan fingerprint density at radius 3 is 2.64 bits per heavy atom. The normalized spacial score (nSPS) is 10.5. The fourth-order valence-corrected chi connectivity index (χ4v) is 1.37. The lowest BCUT2D eigenvalue weighted by Gasteiger charge is -2.01. The third-order valence-corrected chi connectivity index (χ3v) is 2.35. The van der Waals surface area contributed by atoms with E-state index in [0.717, 1.165) is 6.39 Å². The third kappa shape index (κ3) is 1.43. The second kappa shape index (κ2) is 3.49. The zero-order valence-electron chi connectivity index (χ0n) is 6.80. The molecule has 1 heterocycles. The molecule has 2 rings (SSSR count). The standard InChI is InChI=1S/C9H4BrF2NO/c10-6-2-1-5(8(11)9(6)12)7-3-13-4-14-7/h1-4H. The van der Waals surface area contributed by atoms with Gasteiger partial charge in [0.05, 0.1) is 16.2 Å². The molecule has 1 aromatic carbocycles. The minimum absolute atomic E-state index is 0.0585. The van der Waals surface area contributed by atoms with E-state index in [0.29, 0.717) is 0 Å². The summed E-state index contributed by atoms with van der Waals surface area (Å²) in [5.74, 6) is -1.68. The number of halogens is 3. The van der Waals surface area contributed by atoms with E-state index in [1.807, 2.05) is 0 Å². The number of oxazole rings is 1. The first-order valence-corrected chi connectivity index (χ1v) is 4.52. The van der Waals surface area contributed by atoms with Crippen LogP contribution in [0.4, 0.5) is 8.78 Å². The molecule has 0 atom stereocenters. The molecule has 72 valence electrons. The summed E-state index contributed by atoms with van der Waals surface area (Å²) in [6, 6.07) is 2.83. The highest BCUT2D eigenvalue weighted by molar-refractivity contribution is 9.10. The third-order valence-electron chi connectivity index (χ3n) is 1.73. The van der Waals surface area contributed by atoms with Gasteiger partial charge in [0.25, 0.3) is 0 Å². The van der Waals surface area contributed by atoms with Crippen LogP contribution in [0.5, 0.6) is 0 Å². The predicted molar refractivity (Wildman–Crippen MR) is 49.6 cm³/mol. The van der Waals surface area contributed by atoms with E-state index < -0.39 is 11.6 Å². The fraction of sp³-hybridized carbons (Fsp3) is 0. The van der Waals surface area contributed by atoms with E-state index >= 15 is 0 Å². The zero-order chi connectivity index (χ0) is 10.1. The van der Waals surface area contributed by atoms with Crippen LogP contribution in [0.3, 0.4) is 0 Å². The van der Waals surface area contributed by atoms with Crippen molar-refractivity contribution in [3.63, 3.8) is 0 Å². The predicted octanol–water partition coefficient (Wildman–Crippen LogP) is 3.38. The molecular formula is C9H4BrF2NO. The lowest BCUT2D eigenvalue weighted by Crippen LogP contribution is -1.89. The Morgan fingerprint density at radius 1 is 1.21 bits per heavy atom. The number of aromatic nitrogens is 1. The number of benzene rings is 1. The van der Waals surface area contributed by atoms with Gasteiger partial charge in [-0.25, -0.2) is 13.8 Å². The first kappa shape index (κ1) is 9.33. The summed E-state index contributed by atoms with van der Waals surface area (Å²) in [6.07, 6.45) is 2.49. The Kier molecular flexibility index (Phi) is 2.33. The maximum Gasteiger partial charge on any atom is 0.181 e. The van der Waals surface area contributed by atoms with Crippen molar-refractivity contribution in [2.24, 2.45) is 0 Å². The molecule has 2 aromatic rings. The smallest absolute Gasteiger partial charge is 0.181 e. The fourth-order valence-electron chi connectivity index (χ4n) is 1.06. The van der Waals surface area contributed by atoms with Crippen molar-refractivity contribution in [3.8, 4) is 11.3 Å². The van der Waals surface area contributed by atoms with Crippen molar-refractivity contribution < 1.29 is 13.2 Å². The van der Waals surface area contributed by atoms with Crippen molar-refractivity contribution in [1.29, 1.82) is 0 Å². The van der Waals surface area contributed by atoms with Gasteiger partial charge in [-0.05, 0) is 28.1 Å². The molecule has 1 aromatic heterocycles. The van der Waals surface area contributed by atoms with Crippen LogP contribution in [0, 0.1) is 11.6 Å². The molecule has 0 saturated carbocycles. The number of hydrogen-bond donors (Lipinski definition) is 0. The number of rotatable bonds is 1. The van der Waals surface area contributed by atoms with E-state index in [4.69, 9.17) is 4.42 Å². The second-order valence-electron chi connectivity index (χ2n) is 2.59. The first-order valence-electron chi connectivity index (χ1n) is 3.72. The van der Waals surface area contributed by atoms with Crippen molar-refractivity contribution in [3.05, 3.63) is 40.8 Å². The van der Waals surface area contributed by atoms with Crippen LogP contribution in [0.1, 0.15) is 0 Å². The van der Waals surface area contributed by atoms with E-state index in [-0.39, 0.29) is 15.8 Å². The van der Waals surface area contributed by atoms with Gasteiger partial charge >= 0.3 is 0 Å². The Balaban J connectivity index is 2.61. The van der Waals surface area contributed by atoms with Gasteiger partial charge in [0, 0.05) is 0 Å². The lowest BCUT2D eigenvalue weighted by atomic mass is 10.1. The lowest BCUT2D eigenvalue weighted by molar-refractivity contribution is 0.499. The Bertz CT molecular complexity index is 456. The molecule has 0 aliphatic heterocycles. The van der Waals surface area contributed by atoms with Crippen LogP contribution >= 0.6 is 15.9 Å². The summed E-state index contributed by atoms with van der Waals surface area (Å²) >= 11 is 2.88. The largest absolute Gasteiger partial charge is 0.443 e. The van der Waals surface area contributed by atoms with Crippen LogP contribution < -0.4 is 0 Å². The minimum Gasteiger partial charge on any atom is -0.443 e. The van der Waals surface area contributed by atoms with Crippen molar-refractivity contribution in [1.82, 2.24) is 4.98 Å². The summed E-state index contributed by atoms with van der Waals surface area (Å²) in [5, 5.41) is 0. The highest BCUT2D eigenvalue weighted by Crippen LogP contribution is 2.28. The summed E-state index contributed by atoms with van der Waals surface area (Å²) in [5.41, 5.74) is 0.0585. The molecule has 2 nitrogen and oxygen atoms in total. The van der Waals surface area contributed by atoms with Gasteiger partial charge < -0.3 is 4.42 Å². The Morgan fingerprint density at radius 2 is 2.00 bits per heavy atom. The molecule has 0 aliphatic rings. The Hall–Kier alpha value is -1.23. The molecule has 0 spiro atoms. The van der Waals surface area contributed by atoms with Crippen LogP contribution in [0.2, 0.25) is 0 Å². The second-order valence-corrected chi connectivity index (χ2v) is 3.44. The van der Waals surface area contributed by atoms with Crippen molar-refractivity contribution >= 4 is 15.9 Å². The topological polar surface area (TPSA) is 26.0 Å². The molecule has 14 heavy (non-hydrogen) atoms. The van der Waals surface area contributed by atoms with Gasteiger partial charge in [0.15, 0.2) is 23.8 Å². The van der Waals surface area contributed by atoms with Crippen LogP contribution in [-0.4, -0.2) is 4.98 Å². The van der Waals surface area contributed by atoms with E-state index in [1.54, 1.807) is 0 Å². The molecule has 0 bridgehead atoms. The Labute approximate surface area is 86.7 Å². The molecule has 0 unspecified atom stereocenters. The summed E-state index contributed by atoms with van der Waals surface area (Å²) in [6.45, 7) is 0. The average Bonchev–Trinajstić information content (AvgIpc) is 2.67. The summed E-state index contributed by atoms with van der Waals surface area (Å²) in [7, 11) is 0. The maximum absolute atomic E-state index is 13.3. The van der Waals surface area contributed by atoms with Crippen molar-refractivity contribution in [2.45, 2.75) is 0 Å². The van der Waals surface area contributed by atoms with Gasteiger partial charge in [-0.15, -0.1) is 0 Å². The molecule has 0 aliphatic carbocycles. The van der Waals surface area contributed by atoms with Crippen LogP contribution in [0.15, 0.2) is 33.6 Å². The first-order chi connectivity index (χ1) is 6.70. The highest BCUT2D eigenvalue weighted by Gasteiger charge is 2.14. The maximum atomic E-state index is 13.3. The van der Waals surface area contributed by atoms with Gasteiger partial charge in [0.2, 0.25) is 0 Å². The number of nitrogens with zero attached hydrogens (tertiary/aromatic N) is 1. The van der Waals surface area contributed by atoms with Crippen molar-refractivity contribution in [2.75, 3.05) is 0 Å². The van der Waals surface area contributed by atoms with Gasteiger partial charge in [-0.1, -0.05) is 0 Å². The number of hydrogen-bond acceptors (Lipinski definition) is 2. The molecule has 5 heteroatoms. The van der Waals surface area contributed by atoms with E-state index in [2.05, 4.69) is 20.9 Å². The van der Waals surface area contributed by atoms with E-state index in [9.17, 15) is 8.78 Å². The van der Waals surface area contributed by atoms with Crippen LogP contribution in [-0.2, 0) is 0 Å². The molecule has 0 saturated heterocycles. The monoisotopic (exact) mass is 259 g/mol. The molecule has 0 fully saturated rings. The molecule has 0 N–H and O–H groups in total. The van der Waals surface area contributed by atoms with Gasteiger partial charge in [-0.2, -0.15) is 0 Å². The zero-order valence-corrected chi connectivity index (χ0v) is 8.38. The van der Waals surface area contributed by atoms with Gasteiger partial charge in [-0.3, -0.25) is 0 Å². The quantitative estimate of drug-likeness (QED) is 0.734. The summed E-state index contributed by atoms with van der Waals surface area (Å²) < 4.78 is 31.4. The highest BCUT2D eigenvalue weighted by atomic mass is 79.9. The van der Waals surface area contributed by atoms with Gasteiger partial charge in [0.1, 0.15) is 0 Å². The van der Waals surface area contributed by atoms with Crippen LogP contribution in [0.25, 0.3) is 11.3 Å². The summed E-state index contributed by atoms with van der Waals surface area (Å²) in [4.78, 5) is 3.62. The molecule has 0 radical (unpaired) electrons. The minimum atomic E-state index is -0.948. The SMILES string of the molecule is Fc1c(Br)ccc(-c2cnco2)c1F. The average molecular weight is 260 g/mol. The molecule has 0 amide bonds. The van der Waals surface area contributed by atoms with E-state index in [1.165, 1.54) is 18.3 Å².